The van der Waals surface area contributed by atoms with Crippen LogP contribution in [0.15, 0.2) is 24.3 Å². The zero-order valence-corrected chi connectivity index (χ0v) is 12.8. The zero-order chi connectivity index (χ0) is 16.8. The van der Waals surface area contributed by atoms with E-state index in [0.717, 1.165) is 12.8 Å². The van der Waals surface area contributed by atoms with Gasteiger partial charge in [-0.15, -0.1) is 0 Å². The molecule has 0 aromatic heterocycles. The van der Waals surface area contributed by atoms with Crippen molar-refractivity contribution in [3.05, 3.63) is 30.1 Å². The topological polar surface area (TPSA) is 91.7 Å². The lowest BCUT2D eigenvalue weighted by molar-refractivity contribution is -0.862. The van der Waals surface area contributed by atoms with Gasteiger partial charge in [-0.25, -0.2) is 9.18 Å². The van der Waals surface area contributed by atoms with Gasteiger partial charge in [-0.2, -0.15) is 0 Å². The van der Waals surface area contributed by atoms with Crippen LogP contribution in [-0.4, -0.2) is 44.0 Å². The molecule has 1 aliphatic rings. The van der Waals surface area contributed by atoms with Gasteiger partial charge >= 0.3 is 6.03 Å². The van der Waals surface area contributed by atoms with Gasteiger partial charge in [0.1, 0.15) is 5.82 Å². The molecule has 0 spiro atoms. The van der Waals surface area contributed by atoms with Gasteiger partial charge in [-0.1, -0.05) is 0 Å². The molecule has 23 heavy (non-hydrogen) atoms. The first kappa shape index (κ1) is 16.9. The normalized spacial score (nSPS) is 14.7. The molecular formula is C15H20FN4O3+. The van der Waals surface area contributed by atoms with Crippen LogP contribution in [0.1, 0.15) is 12.8 Å². The molecule has 1 aromatic carbocycles. The number of imide groups is 1. The van der Waals surface area contributed by atoms with Gasteiger partial charge in [0.05, 0.1) is 7.05 Å². The molecule has 0 aliphatic heterocycles. The quantitative estimate of drug-likeness (QED) is 0.556. The number of carbonyl (C=O) groups excluding carboxylic acids is 3. The highest BCUT2D eigenvalue weighted by atomic mass is 19.1. The Labute approximate surface area is 133 Å². The predicted octanol–water partition coefficient (Wildman–Crippen LogP) is -0.733. The Morgan fingerprint density at radius 2 is 1.74 bits per heavy atom. The van der Waals surface area contributed by atoms with Crippen LogP contribution in [0.5, 0.6) is 0 Å². The maximum absolute atomic E-state index is 12.8. The second-order valence-corrected chi connectivity index (χ2v) is 5.66. The fourth-order valence-corrected chi connectivity index (χ4v) is 1.97. The summed E-state index contributed by atoms with van der Waals surface area (Å²) in [7, 11) is 1.67. The summed E-state index contributed by atoms with van der Waals surface area (Å²) in [6.07, 6.45) is 1.88. The smallest absolute Gasteiger partial charge is 0.321 e. The Kier molecular flexibility index (Phi) is 5.64. The van der Waals surface area contributed by atoms with E-state index in [1.54, 1.807) is 7.05 Å². The number of likely N-dealkylation sites (N-methyl/N-ethyl adjacent to an activating group) is 1. The lowest BCUT2D eigenvalue weighted by Crippen LogP contribution is -3.11. The third kappa shape index (κ3) is 6.43. The monoisotopic (exact) mass is 323 g/mol. The van der Waals surface area contributed by atoms with Crippen molar-refractivity contribution in [2.45, 2.75) is 18.9 Å². The molecule has 4 amide bonds. The summed E-state index contributed by atoms with van der Waals surface area (Å²) in [5.74, 6) is -1.13. The van der Waals surface area contributed by atoms with Crippen LogP contribution in [0.4, 0.5) is 14.9 Å². The summed E-state index contributed by atoms with van der Waals surface area (Å²) < 4.78 is 12.8. The van der Waals surface area contributed by atoms with E-state index in [-0.39, 0.29) is 30.9 Å². The molecule has 1 aromatic rings. The van der Waals surface area contributed by atoms with Crippen molar-refractivity contribution < 1.29 is 23.7 Å². The fraction of sp³-hybridized carbons (Fsp3) is 0.400. The van der Waals surface area contributed by atoms with E-state index in [0.29, 0.717) is 10.6 Å². The Balaban J connectivity index is 1.69. The number of benzene rings is 1. The van der Waals surface area contributed by atoms with Crippen molar-refractivity contribution in [1.29, 1.82) is 0 Å². The molecule has 8 heteroatoms. The first-order valence-corrected chi connectivity index (χ1v) is 7.39. The largest absolute Gasteiger partial charge is 0.335 e. The molecule has 7 nitrogen and oxygen atoms in total. The number of anilines is 1. The van der Waals surface area contributed by atoms with E-state index in [1.165, 1.54) is 24.3 Å². The number of halogens is 1. The molecule has 2 rings (SSSR count). The predicted molar refractivity (Wildman–Crippen MR) is 81.3 cm³/mol. The maximum Gasteiger partial charge on any atom is 0.321 e. The first-order chi connectivity index (χ1) is 10.9. The third-order valence-corrected chi connectivity index (χ3v) is 3.22. The summed E-state index contributed by atoms with van der Waals surface area (Å²) in [6, 6.07) is 5.08. The van der Waals surface area contributed by atoms with Crippen LogP contribution in [0.25, 0.3) is 0 Å². The van der Waals surface area contributed by atoms with E-state index in [4.69, 9.17) is 0 Å². The maximum atomic E-state index is 12.8. The lowest BCUT2D eigenvalue weighted by atomic mass is 10.3. The van der Waals surface area contributed by atoms with E-state index in [9.17, 15) is 18.8 Å². The van der Waals surface area contributed by atoms with Crippen molar-refractivity contribution in [3.63, 3.8) is 0 Å². The summed E-state index contributed by atoms with van der Waals surface area (Å²) in [5.41, 5.74) is 0.484. The third-order valence-electron chi connectivity index (χ3n) is 3.22. The first-order valence-electron chi connectivity index (χ1n) is 7.39. The Bertz CT molecular complexity index is 587. The second-order valence-electron chi connectivity index (χ2n) is 5.66. The fourth-order valence-electron chi connectivity index (χ4n) is 1.97. The highest BCUT2D eigenvalue weighted by Gasteiger charge is 2.24. The zero-order valence-electron chi connectivity index (χ0n) is 12.8. The minimum Gasteiger partial charge on any atom is -0.335 e. The van der Waals surface area contributed by atoms with Crippen LogP contribution in [0.3, 0.4) is 0 Å². The highest BCUT2D eigenvalue weighted by Crippen LogP contribution is 2.18. The van der Waals surface area contributed by atoms with Crippen LogP contribution >= 0.6 is 0 Å². The molecule has 124 valence electrons. The number of hydrogen-bond acceptors (Lipinski definition) is 3. The molecule has 0 heterocycles. The summed E-state index contributed by atoms with van der Waals surface area (Å²) >= 11 is 0. The minimum absolute atomic E-state index is 0.00504. The van der Waals surface area contributed by atoms with E-state index in [2.05, 4.69) is 16.0 Å². The molecule has 0 saturated heterocycles. The Morgan fingerprint density at radius 3 is 2.35 bits per heavy atom. The molecule has 1 aliphatic carbocycles. The molecule has 1 saturated carbocycles. The SMILES string of the molecule is C[NH+](CC(=O)NC(=O)NC1CC1)CC(=O)Nc1ccc(F)cc1. The summed E-state index contributed by atoms with van der Waals surface area (Å²) in [4.78, 5) is 35.5. The number of nitrogens with one attached hydrogen (secondary N) is 4. The molecule has 0 radical (unpaired) electrons. The number of hydrogen-bond donors (Lipinski definition) is 4. The minimum atomic E-state index is -0.499. The lowest BCUT2D eigenvalue weighted by Gasteiger charge is -2.13. The summed E-state index contributed by atoms with van der Waals surface area (Å²) in [5, 5.41) is 7.49. The average molecular weight is 323 g/mol. The van der Waals surface area contributed by atoms with Crippen molar-refractivity contribution in [3.8, 4) is 0 Å². The van der Waals surface area contributed by atoms with E-state index in [1.807, 2.05) is 0 Å². The van der Waals surface area contributed by atoms with Crippen LogP contribution in [-0.2, 0) is 9.59 Å². The number of amides is 4. The molecule has 1 fully saturated rings. The number of rotatable bonds is 6. The van der Waals surface area contributed by atoms with Gasteiger partial charge in [-0.3, -0.25) is 14.9 Å². The van der Waals surface area contributed by atoms with E-state index >= 15 is 0 Å². The highest BCUT2D eigenvalue weighted by molar-refractivity contribution is 5.95. The van der Waals surface area contributed by atoms with Crippen molar-refractivity contribution >= 4 is 23.5 Å². The number of quaternary nitrogens is 1. The van der Waals surface area contributed by atoms with Gasteiger partial charge in [0.15, 0.2) is 13.1 Å². The van der Waals surface area contributed by atoms with Gasteiger partial charge in [-0.05, 0) is 37.1 Å². The van der Waals surface area contributed by atoms with Crippen molar-refractivity contribution in [2.75, 3.05) is 25.5 Å². The number of urea groups is 1. The average Bonchev–Trinajstić information content (AvgIpc) is 3.24. The standard InChI is InChI=1S/C15H19FN4O3/c1-20(9-14(22)19-15(23)18-12-6-7-12)8-13(21)17-11-4-2-10(16)3-5-11/h2-5,12H,6-9H2,1H3,(H,17,21)(H2,18,19,22,23)/p+1. The second kappa shape index (κ2) is 7.68. The molecule has 0 bridgehead atoms. The number of carbonyl (C=O) groups is 3. The van der Waals surface area contributed by atoms with Crippen LogP contribution in [0, 0.1) is 5.82 Å². The van der Waals surface area contributed by atoms with Crippen molar-refractivity contribution in [2.24, 2.45) is 0 Å². The Hall–Kier alpha value is -2.48. The van der Waals surface area contributed by atoms with E-state index < -0.39 is 11.9 Å². The van der Waals surface area contributed by atoms with Crippen LogP contribution < -0.4 is 20.9 Å². The molecule has 1 atom stereocenters. The van der Waals surface area contributed by atoms with Gasteiger partial charge in [0, 0.05) is 11.7 Å². The van der Waals surface area contributed by atoms with Gasteiger partial charge < -0.3 is 15.5 Å². The van der Waals surface area contributed by atoms with Gasteiger partial charge in [0.2, 0.25) is 0 Å². The van der Waals surface area contributed by atoms with Crippen molar-refractivity contribution in [1.82, 2.24) is 10.6 Å². The molecule has 4 N–H and O–H groups in total. The molecule has 1 unspecified atom stereocenters. The Morgan fingerprint density at radius 1 is 1.13 bits per heavy atom. The summed E-state index contributed by atoms with van der Waals surface area (Å²) in [6.45, 7) is 0.0456. The van der Waals surface area contributed by atoms with Crippen LogP contribution in [0.2, 0.25) is 0 Å². The molecular weight excluding hydrogens is 303 g/mol. The van der Waals surface area contributed by atoms with Gasteiger partial charge in [0.25, 0.3) is 11.8 Å².